The van der Waals surface area contributed by atoms with E-state index in [2.05, 4.69) is 33.6 Å². The Hall–Kier alpha value is -1.79. The van der Waals surface area contributed by atoms with Crippen LogP contribution in [0.1, 0.15) is 69.0 Å². The van der Waals surface area contributed by atoms with E-state index in [1.54, 1.807) is 11.3 Å². The number of hydrogen-bond acceptors (Lipinski definition) is 5. The lowest BCUT2D eigenvalue weighted by atomic mass is 9.95. The maximum absolute atomic E-state index is 12.4. The van der Waals surface area contributed by atoms with Gasteiger partial charge in [0.05, 0.1) is 11.4 Å². The van der Waals surface area contributed by atoms with Crippen LogP contribution in [0.3, 0.4) is 0 Å². The Morgan fingerprint density at radius 3 is 3.00 bits per heavy atom. The lowest BCUT2D eigenvalue weighted by Crippen LogP contribution is -2.24. The van der Waals surface area contributed by atoms with E-state index in [4.69, 9.17) is 0 Å². The number of hydrogen-bond donors (Lipinski definition) is 2. The highest BCUT2D eigenvalue weighted by molar-refractivity contribution is 7.14. The Morgan fingerprint density at radius 1 is 1.28 bits per heavy atom. The molecule has 1 aliphatic carbocycles. The van der Waals surface area contributed by atoms with Crippen molar-refractivity contribution in [2.24, 2.45) is 0 Å². The minimum absolute atomic E-state index is 0.0341. The summed E-state index contributed by atoms with van der Waals surface area (Å²) in [5.41, 5.74) is 3.56. The molecule has 0 spiro atoms. The summed E-state index contributed by atoms with van der Waals surface area (Å²) in [5, 5.41) is 6.46. The Labute approximate surface area is 152 Å². The zero-order chi connectivity index (χ0) is 17.2. The average molecular weight is 356 g/mol. The first kappa shape index (κ1) is 16.7. The molecular formula is C19H24N4OS. The topological polar surface area (TPSA) is 66.9 Å². The molecular weight excluding hydrogens is 332 g/mol. The lowest BCUT2D eigenvalue weighted by Gasteiger charge is -2.17. The van der Waals surface area contributed by atoms with Crippen LogP contribution in [0.15, 0.2) is 12.1 Å². The van der Waals surface area contributed by atoms with E-state index in [1.165, 1.54) is 35.4 Å². The van der Waals surface area contributed by atoms with Crippen LogP contribution in [0.25, 0.3) is 0 Å². The highest BCUT2D eigenvalue weighted by Crippen LogP contribution is 2.29. The van der Waals surface area contributed by atoms with Crippen LogP contribution in [0.5, 0.6) is 0 Å². The van der Waals surface area contributed by atoms with Crippen LogP contribution in [0, 0.1) is 6.92 Å². The summed E-state index contributed by atoms with van der Waals surface area (Å²) in [6, 6.07) is 4.41. The average Bonchev–Trinajstić information content (AvgIpc) is 3.31. The maximum atomic E-state index is 12.4. The smallest absolute Gasteiger partial charge is 0.261 e. The third kappa shape index (κ3) is 3.60. The van der Waals surface area contributed by atoms with Crippen molar-refractivity contribution in [1.29, 1.82) is 0 Å². The van der Waals surface area contributed by atoms with E-state index in [-0.39, 0.29) is 5.91 Å². The highest BCUT2D eigenvalue weighted by Gasteiger charge is 2.20. The second-order valence-corrected chi connectivity index (χ2v) is 8.01. The molecule has 1 aliphatic heterocycles. The van der Waals surface area contributed by atoms with E-state index in [0.29, 0.717) is 12.6 Å². The molecule has 2 aliphatic rings. The normalized spacial score (nSPS) is 19.6. The van der Waals surface area contributed by atoms with E-state index in [9.17, 15) is 4.79 Å². The van der Waals surface area contributed by atoms with Gasteiger partial charge in [-0.25, -0.2) is 9.97 Å². The molecule has 1 fully saturated rings. The summed E-state index contributed by atoms with van der Waals surface area (Å²) >= 11 is 1.58. The molecule has 6 heteroatoms. The minimum Gasteiger partial charge on any atom is -0.344 e. The van der Waals surface area contributed by atoms with Gasteiger partial charge in [-0.3, -0.25) is 4.79 Å². The van der Waals surface area contributed by atoms with Crippen molar-refractivity contribution in [2.45, 2.75) is 58.0 Å². The number of rotatable bonds is 4. The molecule has 132 valence electrons. The molecule has 1 atom stereocenters. The van der Waals surface area contributed by atoms with Gasteiger partial charge in [-0.15, -0.1) is 11.3 Å². The van der Waals surface area contributed by atoms with Crippen LogP contribution >= 0.6 is 11.3 Å². The van der Waals surface area contributed by atoms with Gasteiger partial charge in [0, 0.05) is 22.3 Å². The predicted molar refractivity (Wildman–Crippen MR) is 98.9 cm³/mol. The van der Waals surface area contributed by atoms with Gasteiger partial charge in [0.2, 0.25) is 0 Å². The van der Waals surface area contributed by atoms with Crippen LogP contribution < -0.4 is 10.6 Å². The molecule has 5 nitrogen and oxygen atoms in total. The van der Waals surface area contributed by atoms with Gasteiger partial charge in [-0.1, -0.05) is 0 Å². The molecule has 0 saturated carbocycles. The van der Waals surface area contributed by atoms with Crippen molar-refractivity contribution in [3.63, 3.8) is 0 Å². The van der Waals surface area contributed by atoms with Crippen LogP contribution in [0.2, 0.25) is 0 Å². The number of amides is 1. The Morgan fingerprint density at radius 2 is 2.16 bits per heavy atom. The zero-order valence-electron chi connectivity index (χ0n) is 14.6. The Bertz CT molecular complexity index is 780. The molecule has 2 aromatic heterocycles. The van der Waals surface area contributed by atoms with Crippen LogP contribution in [0.4, 0.5) is 0 Å². The van der Waals surface area contributed by atoms with E-state index in [1.807, 2.05) is 6.07 Å². The maximum Gasteiger partial charge on any atom is 0.261 e. The number of carbonyl (C=O) groups excluding carboxylic acids is 1. The number of thiophene rings is 1. The summed E-state index contributed by atoms with van der Waals surface area (Å²) in [6.45, 7) is 3.51. The molecule has 3 heterocycles. The third-order valence-corrected chi connectivity index (χ3v) is 6.30. The van der Waals surface area contributed by atoms with Crippen molar-refractivity contribution >= 4 is 17.2 Å². The monoisotopic (exact) mass is 356 g/mol. The third-order valence-electron chi connectivity index (χ3n) is 5.10. The van der Waals surface area contributed by atoms with Crippen molar-refractivity contribution in [2.75, 3.05) is 6.54 Å². The van der Waals surface area contributed by atoms with E-state index < -0.39 is 0 Å². The first-order chi connectivity index (χ1) is 12.2. The molecule has 4 rings (SSSR count). The molecule has 0 bridgehead atoms. The first-order valence-electron chi connectivity index (χ1n) is 9.17. The molecule has 25 heavy (non-hydrogen) atoms. The van der Waals surface area contributed by atoms with Gasteiger partial charge in [0.25, 0.3) is 5.91 Å². The largest absolute Gasteiger partial charge is 0.344 e. The first-order valence-corrected chi connectivity index (χ1v) is 9.99. The number of nitrogens with zero attached hydrogens (tertiary/aromatic N) is 2. The number of nitrogens with one attached hydrogen (secondary N) is 2. The van der Waals surface area contributed by atoms with Crippen molar-refractivity contribution in [1.82, 2.24) is 20.6 Å². The fourth-order valence-corrected chi connectivity index (χ4v) is 4.79. The van der Waals surface area contributed by atoms with E-state index in [0.717, 1.165) is 42.2 Å². The lowest BCUT2D eigenvalue weighted by molar-refractivity contribution is 0.0954. The van der Waals surface area contributed by atoms with Crippen LogP contribution in [-0.2, 0) is 19.4 Å². The van der Waals surface area contributed by atoms with Crippen molar-refractivity contribution in [3.05, 3.63) is 44.7 Å². The molecule has 1 saturated heterocycles. The molecule has 2 aromatic rings. The summed E-state index contributed by atoms with van der Waals surface area (Å²) in [6.07, 6.45) is 6.90. The zero-order valence-corrected chi connectivity index (χ0v) is 15.4. The summed E-state index contributed by atoms with van der Waals surface area (Å²) < 4.78 is 0. The number of aryl methyl sites for hydroxylation is 2. The summed E-state index contributed by atoms with van der Waals surface area (Å²) in [4.78, 5) is 23.7. The number of fused-ring (bicyclic) bond motifs is 1. The summed E-state index contributed by atoms with van der Waals surface area (Å²) in [7, 11) is 0. The quantitative estimate of drug-likeness (QED) is 0.883. The Kier molecular flexibility index (Phi) is 4.81. The van der Waals surface area contributed by atoms with Crippen molar-refractivity contribution < 1.29 is 4.79 Å². The molecule has 1 unspecified atom stereocenters. The standard InChI is InChI=1S/C19H24N4OS/c1-12-13-5-2-3-6-14(13)23-18(22-12)11-21-19(24)17-9-8-16(25-17)15-7-4-10-20-15/h8-9,15,20H,2-7,10-11H2,1H3,(H,21,24). The van der Waals surface area contributed by atoms with E-state index >= 15 is 0 Å². The van der Waals surface area contributed by atoms with Gasteiger partial charge in [-0.05, 0) is 69.7 Å². The fraction of sp³-hybridized carbons (Fsp3) is 0.526. The SMILES string of the molecule is Cc1nc(CNC(=O)c2ccc(C3CCCN3)s2)nc2c1CCCC2. The van der Waals surface area contributed by atoms with Gasteiger partial charge in [0.1, 0.15) is 5.82 Å². The fourth-order valence-electron chi connectivity index (χ4n) is 3.76. The molecule has 0 aromatic carbocycles. The van der Waals surface area contributed by atoms with Gasteiger partial charge in [0.15, 0.2) is 0 Å². The second-order valence-electron chi connectivity index (χ2n) is 6.89. The van der Waals surface area contributed by atoms with Crippen molar-refractivity contribution in [3.8, 4) is 0 Å². The highest BCUT2D eigenvalue weighted by atomic mass is 32.1. The minimum atomic E-state index is -0.0341. The molecule has 0 radical (unpaired) electrons. The Balaban J connectivity index is 1.41. The summed E-state index contributed by atoms with van der Waals surface area (Å²) in [5.74, 6) is 0.689. The number of aromatic nitrogens is 2. The molecule has 1 amide bonds. The predicted octanol–water partition coefficient (Wildman–Crippen LogP) is 3.08. The number of carbonyl (C=O) groups is 1. The van der Waals surface area contributed by atoms with Gasteiger partial charge < -0.3 is 10.6 Å². The van der Waals surface area contributed by atoms with Crippen LogP contribution in [-0.4, -0.2) is 22.4 Å². The van der Waals surface area contributed by atoms with Gasteiger partial charge in [-0.2, -0.15) is 0 Å². The second kappa shape index (κ2) is 7.22. The van der Waals surface area contributed by atoms with Gasteiger partial charge >= 0.3 is 0 Å². The molecule has 2 N–H and O–H groups in total.